The van der Waals surface area contributed by atoms with Crippen LogP contribution in [0, 0.1) is 13.8 Å². The van der Waals surface area contributed by atoms with E-state index >= 15 is 0 Å². The van der Waals surface area contributed by atoms with Gasteiger partial charge in [0.1, 0.15) is 0 Å². The van der Waals surface area contributed by atoms with Gasteiger partial charge in [0, 0.05) is 42.5 Å². The van der Waals surface area contributed by atoms with Gasteiger partial charge < -0.3 is 10.1 Å². The molecule has 1 N–H and O–H groups in total. The molecule has 3 aromatic rings. The molecule has 7 heteroatoms. The van der Waals surface area contributed by atoms with E-state index in [-0.39, 0.29) is 11.9 Å². The quantitative estimate of drug-likeness (QED) is 0.581. The first-order valence-corrected chi connectivity index (χ1v) is 9.90. The van der Waals surface area contributed by atoms with E-state index in [1.807, 2.05) is 48.9 Å². The third-order valence-corrected chi connectivity index (χ3v) is 5.01. The van der Waals surface area contributed by atoms with E-state index in [9.17, 15) is 9.59 Å². The number of methoxy groups -OCH3 is 1. The van der Waals surface area contributed by atoms with Crippen LogP contribution in [0.15, 0.2) is 48.7 Å². The molecular formula is C23H26N4O3. The summed E-state index contributed by atoms with van der Waals surface area (Å²) in [6, 6.07) is 13.1. The number of esters is 1. The number of aromatic nitrogens is 3. The smallest absolute Gasteiger partial charge is 0.305 e. The number of aryl methyl sites for hydroxylation is 1. The topological polar surface area (TPSA) is 86.1 Å². The van der Waals surface area contributed by atoms with Gasteiger partial charge in [-0.3, -0.25) is 14.6 Å². The van der Waals surface area contributed by atoms with Crippen molar-refractivity contribution in [3.05, 3.63) is 76.9 Å². The number of rotatable bonds is 8. The third-order valence-electron chi connectivity index (χ3n) is 5.01. The van der Waals surface area contributed by atoms with Gasteiger partial charge in [-0.2, -0.15) is 5.10 Å². The summed E-state index contributed by atoms with van der Waals surface area (Å²) in [5, 5.41) is 7.52. The van der Waals surface area contributed by atoms with Crippen LogP contribution < -0.4 is 5.32 Å². The van der Waals surface area contributed by atoms with E-state index in [0.717, 1.165) is 28.3 Å². The summed E-state index contributed by atoms with van der Waals surface area (Å²) in [6.07, 6.45) is 3.34. The van der Waals surface area contributed by atoms with E-state index in [1.54, 1.807) is 18.3 Å². The Morgan fingerprint density at radius 3 is 2.50 bits per heavy atom. The first-order chi connectivity index (χ1) is 14.5. The molecule has 0 radical (unpaired) electrons. The van der Waals surface area contributed by atoms with Crippen LogP contribution in [0.25, 0.3) is 5.69 Å². The molecule has 156 valence electrons. The van der Waals surface area contributed by atoms with Gasteiger partial charge in [0.25, 0.3) is 5.91 Å². The summed E-state index contributed by atoms with van der Waals surface area (Å²) in [5.74, 6) is -0.357. The molecule has 7 nitrogen and oxygen atoms in total. The molecule has 1 aromatic carbocycles. The predicted octanol–water partition coefficient (Wildman–Crippen LogP) is 2.96. The second-order valence-electron chi connectivity index (χ2n) is 7.01. The van der Waals surface area contributed by atoms with E-state index in [4.69, 9.17) is 4.74 Å². The minimum absolute atomic E-state index is 0.121. The fourth-order valence-electron chi connectivity index (χ4n) is 3.32. The summed E-state index contributed by atoms with van der Waals surface area (Å²) >= 11 is 0. The fraction of sp³-hybridized carbons (Fsp3) is 0.304. The number of hydrogen-bond donors (Lipinski definition) is 1. The van der Waals surface area contributed by atoms with Crippen LogP contribution in [0.5, 0.6) is 0 Å². The molecule has 0 saturated carbocycles. The molecule has 30 heavy (non-hydrogen) atoms. The standard InChI is InChI=1S/C23H26N4O3/c1-16-21(11-12-22(28)30-3)17(2)27(26-16)20-9-7-18(8-10-20)23(29)25-15-13-19-6-4-5-14-24-19/h4-10,14H,11-13,15H2,1-3H3,(H,25,29). The van der Waals surface area contributed by atoms with Crippen LogP contribution in [-0.4, -0.2) is 40.3 Å². The number of nitrogens with zero attached hydrogens (tertiary/aromatic N) is 3. The van der Waals surface area contributed by atoms with Gasteiger partial charge in [0.05, 0.1) is 18.5 Å². The minimum atomic E-state index is -0.236. The Labute approximate surface area is 176 Å². The molecule has 3 rings (SSSR count). The van der Waals surface area contributed by atoms with Gasteiger partial charge in [-0.25, -0.2) is 4.68 Å². The maximum Gasteiger partial charge on any atom is 0.305 e. The van der Waals surface area contributed by atoms with Crippen molar-refractivity contribution in [2.45, 2.75) is 33.1 Å². The average Bonchev–Trinajstić information content (AvgIpc) is 3.06. The molecule has 2 heterocycles. The Kier molecular flexibility index (Phi) is 6.95. The number of hydrogen-bond acceptors (Lipinski definition) is 5. The highest BCUT2D eigenvalue weighted by atomic mass is 16.5. The molecule has 0 atom stereocenters. The number of nitrogens with one attached hydrogen (secondary N) is 1. The van der Waals surface area contributed by atoms with Crippen molar-refractivity contribution >= 4 is 11.9 Å². The predicted molar refractivity (Wildman–Crippen MR) is 114 cm³/mol. The number of pyridine rings is 1. The van der Waals surface area contributed by atoms with Crippen LogP contribution >= 0.6 is 0 Å². The van der Waals surface area contributed by atoms with E-state index in [0.29, 0.717) is 31.4 Å². The van der Waals surface area contributed by atoms with Crippen molar-refractivity contribution in [1.82, 2.24) is 20.1 Å². The zero-order valence-electron chi connectivity index (χ0n) is 17.5. The number of benzene rings is 1. The summed E-state index contributed by atoms with van der Waals surface area (Å²) in [7, 11) is 1.39. The lowest BCUT2D eigenvalue weighted by atomic mass is 10.1. The lowest BCUT2D eigenvalue weighted by Crippen LogP contribution is -2.25. The number of amides is 1. The molecule has 0 aliphatic rings. The van der Waals surface area contributed by atoms with E-state index in [2.05, 4.69) is 15.4 Å². The molecule has 0 fully saturated rings. The molecule has 0 aliphatic heterocycles. The Bertz CT molecular complexity index is 1010. The molecular weight excluding hydrogens is 380 g/mol. The number of carbonyl (C=O) groups excluding carboxylic acids is 2. The second-order valence-corrected chi connectivity index (χ2v) is 7.01. The number of carbonyl (C=O) groups is 2. The van der Waals surface area contributed by atoms with Gasteiger partial charge in [0.2, 0.25) is 0 Å². The highest BCUT2D eigenvalue weighted by molar-refractivity contribution is 5.94. The van der Waals surface area contributed by atoms with Crippen molar-refractivity contribution < 1.29 is 14.3 Å². The van der Waals surface area contributed by atoms with Gasteiger partial charge in [0.15, 0.2) is 0 Å². The number of ether oxygens (including phenoxy) is 1. The summed E-state index contributed by atoms with van der Waals surface area (Å²) < 4.78 is 6.56. The molecule has 0 spiro atoms. The zero-order chi connectivity index (χ0) is 21.5. The average molecular weight is 406 g/mol. The summed E-state index contributed by atoms with van der Waals surface area (Å²) in [6.45, 7) is 4.43. The first-order valence-electron chi connectivity index (χ1n) is 9.90. The van der Waals surface area contributed by atoms with Crippen molar-refractivity contribution in [2.75, 3.05) is 13.7 Å². The molecule has 0 aliphatic carbocycles. The largest absolute Gasteiger partial charge is 0.469 e. The van der Waals surface area contributed by atoms with Gasteiger partial charge in [-0.1, -0.05) is 6.07 Å². The maximum absolute atomic E-state index is 12.4. The van der Waals surface area contributed by atoms with Crippen molar-refractivity contribution in [2.24, 2.45) is 0 Å². The zero-order valence-corrected chi connectivity index (χ0v) is 17.5. The SMILES string of the molecule is COC(=O)CCc1c(C)nn(-c2ccc(C(=O)NCCc3ccccn3)cc2)c1C. The normalized spacial score (nSPS) is 10.6. The highest BCUT2D eigenvalue weighted by Crippen LogP contribution is 2.20. The van der Waals surface area contributed by atoms with Crippen LogP contribution in [0.4, 0.5) is 0 Å². The highest BCUT2D eigenvalue weighted by Gasteiger charge is 2.15. The van der Waals surface area contributed by atoms with Crippen molar-refractivity contribution in [3.8, 4) is 5.69 Å². The van der Waals surface area contributed by atoms with E-state index in [1.165, 1.54) is 7.11 Å². The maximum atomic E-state index is 12.4. The molecule has 2 aromatic heterocycles. The Hall–Kier alpha value is -3.48. The second kappa shape index (κ2) is 9.82. The van der Waals surface area contributed by atoms with Gasteiger partial charge in [-0.15, -0.1) is 0 Å². The van der Waals surface area contributed by atoms with Crippen LogP contribution in [-0.2, 0) is 22.4 Å². The lowest BCUT2D eigenvalue weighted by Gasteiger charge is -2.08. The van der Waals surface area contributed by atoms with Gasteiger partial charge in [-0.05, 0) is 62.2 Å². The van der Waals surface area contributed by atoms with Crippen LogP contribution in [0.1, 0.15) is 39.4 Å². The van der Waals surface area contributed by atoms with Crippen molar-refractivity contribution in [3.63, 3.8) is 0 Å². The Balaban J connectivity index is 1.63. The summed E-state index contributed by atoms with van der Waals surface area (Å²) in [4.78, 5) is 28.1. The van der Waals surface area contributed by atoms with Crippen LogP contribution in [0.3, 0.4) is 0 Å². The molecule has 0 bridgehead atoms. The lowest BCUT2D eigenvalue weighted by molar-refractivity contribution is -0.140. The Morgan fingerprint density at radius 1 is 1.07 bits per heavy atom. The molecule has 1 amide bonds. The van der Waals surface area contributed by atoms with Crippen molar-refractivity contribution in [1.29, 1.82) is 0 Å². The molecule has 0 unspecified atom stereocenters. The Morgan fingerprint density at radius 2 is 1.83 bits per heavy atom. The van der Waals surface area contributed by atoms with E-state index < -0.39 is 0 Å². The molecule has 0 saturated heterocycles. The third kappa shape index (κ3) is 5.11. The summed E-state index contributed by atoms with van der Waals surface area (Å²) in [5.41, 5.74) is 5.30. The van der Waals surface area contributed by atoms with Crippen LogP contribution in [0.2, 0.25) is 0 Å². The fourth-order valence-corrected chi connectivity index (χ4v) is 3.32. The minimum Gasteiger partial charge on any atom is -0.469 e. The van der Waals surface area contributed by atoms with Gasteiger partial charge >= 0.3 is 5.97 Å². The monoisotopic (exact) mass is 406 g/mol. The first kappa shape index (κ1) is 21.2.